The summed E-state index contributed by atoms with van der Waals surface area (Å²) in [6.45, 7) is 14.8. The molecule has 0 aliphatic heterocycles. The highest BCUT2D eigenvalue weighted by molar-refractivity contribution is 5.23. The molecule has 1 aliphatic rings. The van der Waals surface area contributed by atoms with Crippen LogP contribution in [0.3, 0.4) is 0 Å². The monoisotopic (exact) mass is 329 g/mol. The molecule has 0 saturated heterocycles. The Morgan fingerprint density at radius 3 is 2.58 bits per heavy atom. The SMILES string of the molecule is C.C=C1C[C@H](C(N)Cc2cccc(C)c2)CC1CC=C(C)C.CC. The average Bonchev–Trinajstić information content (AvgIpc) is 2.88. The van der Waals surface area contributed by atoms with Crippen LogP contribution in [0.4, 0.5) is 0 Å². The van der Waals surface area contributed by atoms with Gasteiger partial charge in [-0.3, -0.25) is 0 Å². The highest BCUT2D eigenvalue weighted by Gasteiger charge is 2.31. The second-order valence-electron chi connectivity index (χ2n) is 6.93. The van der Waals surface area contributed by atoms with Crippen molar-refractivity contribution in [2.45, 2.75) is 73.8 Å². The number of allylic oxidation sites excluding steroid dienone is 3. The standard InChI is InChI=1S/C20H29N.C2H6.CH4/c1-14(2)8-9-18-13-19(11-16(18)4)20(21)12-17-7-5-6-15(3)10-17;1-2;/h5-8,10,18-20H,4,9,11-13,21H2,1-3H3;1-2H3;1H4/t18?,19-,20?;;/m0../s1. The second-order valence-corrected chi connectivity index (χ2v) is 6.93. The Morgan fingerprint density at radius 2 is 2.00 bits per heavy atom. The first-order valence-electron chi connectivity index (χ1n) is 9.08. The molecule has 1 aromatic rings. The number of benzene rings is 1. The summed E-state index contributed by atoms with van der Waals surface area (Å²) >= 11 is 0. The summed E-state index contributed by atoms with van der Waals surface area (Å²) in [6.07, 6.45) is 6.76. The Morgan fingerprint density at radius 1 is 1.33 bits per heavy atom. The van der Waals surface area contributed by atoms with Gasteiger partial charge in [0.2, 0.25) is 0 Å². The van der Waals surface area contributed by atoms with E-state index in [1.807, 2.05) is 13.8 Å². The van der Waals surface area contributed by atoms with Gasteiger partial charge < -0.3 is 5.73 Å². The van der Waals surface area contributed by atoms with Gasteiger partial charge in [-0.15, -0.1) is 0 Å². The molecule has 0 bridgehead atoms. The molecule has 1 aliphatic carbocycles. The number of hydrogen-bond donors (Lipinski definition) is 1. The fraction of sp³-hybridized carbons (Fsp3) is 0.565. The van der Waals surface area contributed by atoms with E-state index in [1.165, 1.54) is 28.7 Å². The highest BCUT2D eigenvalue weighted by Crippen LogP contribution is 2.39. The molecule has 1 aromatic carbocycles. The van der Waals surface area contributed by atoms with Crippen LogP contribution in [0.25, 0.3) is 0 Å². The van der Waals surface area contributed by atoms with Gasteiger partial charge in [-0.05, 0) is 63.9 Å². The summed E-state index contributed by atoms with van der Waals surface area (Å²) in [6, 6.07) is 8.96. The van der Waals surface area contributed by atoms with Gasteiger partial charge in [-0.2, -0.15) is 0 Å². The Labute approximate surface area is 151 Å². The van der Waals surface area contributed by atoms with Crippen LogP contribution in [-0.2, 0) is 6.42 Å². The molecule has 2 unspecified atom stereocenters. The van der Waals surface area contributed by atoms with Crippen molar-refractivity contribution < 1.29 is 0 Å². The molecule has 0 radical (unpaired) electrons. The van der Waals surface area contributed by atoms with Gasteiger partial charge in [0.1, 0.15) is 0 Å². The lowest BCUT2D eigenvalue weighted by molar-refractivity contribution is 0.409. The predicted octanol–water partition coefficient (Wildman–Crippen LogP) is 6.47. The van der Waals surface area contributed by atoms with Gasteiger partial charge in [0, 0.05) is 6.04 Å². The van der Waals surface area contributed by atoms with Crippen molar-refractivity contribution in [3.05, 3.63) is 59.2 Å². The van der Waals surface area contributed by atoms with Gasteiger partial charge >= 0.3 is 0 Å². The van der Waals surface area contributed by atoms with E-state index in [1.54, 1.807) is 0 Å². The van der Waals surface area contributed by atoms with E-state index < -0.39 is 0 Å². The van der Waals surface area contributed by atoms with Crippen LogP contribution in [0, 0.1) is 18.8 Å². The van der Waals surface area contributed by atoms with Crippen LogP contribution in [0.15, 0.2) is 48.1 Å². The van der Waals surface area contributed by atoms with E-state index in [-0.39, 0.29) is 13.5 Å². The minimum absolute atomic E-state index is 0. The van der Waals surface area contributed by atoms with Crippen LogP contribution >= 0.6 is 0 Å². The Balaban J connectivity index is 0.00000170. The largest absolute Gasteiger partial charge is 0.327 e. The molecule has 0 heterocycles. The third kappa shape index (κ3) is 7.05. The molecular weight excluding hydrogens is 290 g/mol. The summed E-state index contributed by atoms with van der Waals surface area (Å²) in [5, 5.41) is 0. The minimum atomic E-state index is 0. The maximum absolute atomic E-state index is 6.48. The first-order chi connectivity index (χ1) is 11.0. The van der Waals surface area contributed by atoms with Crippen molar-refractivity contribution >= 4 is 0 Å². The van der Waals surface area contributed by atoms with E-state index in [0.717, 1.165) is 19.3 Å². The van der Waals surface area contributed by atoms with E-state index in [9.17, 15) is 0 Å². The molecule has 1 saturated carbocycles. The van der Waals surface area contributed by atoms with Gasteiger partial charge in [0.05, 0.1) is 0 Å². The molecule has 3 atom stereocenters. The Kier molecular flexibility index (Phi) is 10.6. The third-order valence-corrected chi connectivity index (χ3v) is 4.66. The Bertz CT molecular complexity index is 523. The second kappa shape index (κ2) is 11.3. The first kappa shape index (κ1) is 22.7. The van der Waals surface area contributed by atoms with Gasteiger partial charge in [-0.25, -0.2) is 0 Å². The maximum atomic E-state index is 6.48. The van der Waals surface area contributed by atoms with Crippen molar-refractivity contribution in [3.63, 3.8) is 0 Å². The number of hydrogen-bond acceptors (Lipinski definition) is 1. The number of aryl methyl sites for hydroxylation is 1. The molecule has 2 rings (SSSR count). The zero-order chi connectivity index (χ0) is 17.4. The minimum Gasteiger partial charge on any atom is -0.327 e. The molecule has 0 amide bonds. The van der Waals surface area contributed by atoms with Crippen molar-refractivity contribution in [1.29, 1.82) is 0 Å². The lowest BCUT2D eigenvalue weighted by Gasteiger charge is -2.19. The summed E-state index contributed by atoms with van der Waals surface area (Å²) in [4.78, 5) is 0. The van der Waals surface area contributed by atoms with Crippen molar-refractivity contribution in [2.75, 3.05) is 0 Å². The van der Waals surface area contributed by atoms with Gasteiger partial charge in [-0.1, -0.05) is 74.9 Å². The lowest BCUT2D eigenvalue weighted by Crippen LogP contribution is -2.31. The third-order valence-electron chi connectivity index (χ3n) is 4.66. The first-order valence-corrected chi connectivity index (χ1v) is 9.08. The maximum Gasteiger partial charge on any atom is 0.0111 e. The zero-order valence-electron chi connectivity index (χ0n) is 15.7. The van der Waals surface area contributed by atoms with E-state index in [0.29, 0.717) is 11.8 Å². The van der Waals surface area contributed by atoms with E-state index >= 15 is 0 Å². The molecule has 1 nitrogen and oxygen atoms in total. The molecule has 0 aromatic heterocycles. The topological polar surface area (TPSA) is 26.0 Å². The van der Waals surface area contributed by atoms with Crippen molar-refractivity contribution in [1.82, 2.24) is 0 Å². The molecule has 24 heavy (non-hydrogen) atoms. The summed E-state index contributed by atoms with van der Waals surface area (Å²) < 4.78 is 0. The zero-order valence-corrected chi connectivity index (χ0v) is 15.7. The fourth-order valence-electron chi connectivity index (χ4n) is 3.36. The highest BCUT2D eigenvalue weighted by atomic mass is 14.7. The van der Waals surface area contributed by atoms with E-state index in [2.05, 4.69) is 57.7 Å². The van der Waals surface area contributed by atoms with Crippen molar-refractivity contribution in [3.8, 4) is 0 Å². The van der Waals surface area contributed by atoms with Crippen LogP contribution in [0.1, 0.15) is 65.5 Å². The van der Waals surface area contributed by atoms with E-state index in [4.69, 9.17) is 5.73 Å². The molecule has 0 spiro atoms. The van der Waals surface area contributed by atoms with Crippen LogP contribution in [0.5, 0.6) is 0 Å². The van der Waals surface area contributed by atoms with Crippen molar-refractivity contribution in [2.24, 2.45) is 17.6 Å². The smallest absolute Gasteiger partial charge is 0.0111 e. The average molecular weight is 330 g/mol. The summed E-state index contributed by atoms with van der Waals surface area (Å²) in [7, 11) is 0. The fourth-order valence-corrected chi connectivity index (χ4v) is 3.36. The molecule has 1 heteroatoms. The van der Waals surface area contributed by atoms with Gasteiger partial charge in [0.15, 0.2) is 0 Å². The normalized spacial score (nSPS) is 20.5. The molecule has 2 N–H and O–H groups in total. The Hall–Kier alpha value is -1.34. The molecular formula is C23H39N. The molecule has 1 fully saturated rings. The number of nitrogens with two attached hydrogens (primary N) is 1. The lowest BCUT2D eigenvalue weighted by atomic mass is 9.91. The summed E-state index contributed by atoms with van der Waals surface area (Å²) in [5.41, 5.74) is 12.0. The molecule has 136 valence electrons. The quantitative estimate of drug-likeness (QED) is 0.616. The van der Waals surface area contributed by atoms with Gasteiger partial charge in [0.25, 0.3) is 0 Å². The number of rotatable bonds is 5. The van der Waals surface area contributed by atoms with Crippen LogP contribution < -0.4 is 5.73 Å². The van der Waals surface area contributed by atoms with Crippen LogP contribution in [0.2, 0.25) is 0 Å². The summed E-state index contributed by atoms with van der Waals surface area (Å²) in [5.74, 6) is 1.22. The predicted molar refractivity (Wildman–Crippen MR) is 110 cm³/mol. The van der Waals surface area contributed by atoms with Crippen LogP contribution in [-0.4, -0.2) is 6.04 Å².